The molecule has 2 aliphatic rings. The standard InChI is InChI=1S/C20H23N5O3S/c26-19(13-4-9-28-12-13)23-18-1-6-21-25(18)14-2-7-24(8-3-14)20(27)16-11-17-15(22-16)5-10-29-17/h1,5-6,10-11,13-14,22H,2-4,7-9,12H2,(H,23,26)/t13-/m0/s1. The lowest BCUT2D eigenvalue weighted by Crippen LogP contribution is -2.39. The predicted octanol–water partition coefficient (Wildman–Crippen LogP) is 2.88. The number of hydrogen-bond donors (Lipinski definition) is 2. The van der Waals surface area contributed by atoms with E-state index in [1.54, 1.807) is 17.5 Å². The first-order chi connectivity index (χ1) is 14.2. The number of H-pyrrole nitrogens is 1. The molecule has 2 fully saturated rings. The van der Waals surface area contributed by atoms with Crippen LogP contribution in [0.3, 0.4) is 0 Å². The summed E-state index contributed by atoms with van der Waals surface area (Å²) in [4.78, 5) is 30.3. The Morgan fingerprint density at radius 1 is 1.24 bits per heavy atom. The summed E-state index contributed by atoms with van der Waals surface area (Å²) in [6.45, 7) is 2.46. The number of aromatic amines is 1. The van der Waals surface area contributed by atoms with Crippen LogP contribution in [0.5, 0.6) is 0 Å². The lowest BCUT2D eigenvalue weighted by molar-refractivity contribution is -0.119. The molecule has 9 heteroatoms. The molecule has 3 aromatic rings. The Morgan fingerprint density at radius 2 is 2.10 bits per heavy atom. The van der Waals surface area contributed by atoms with Crippen molar-refractivity contribution in [2.45, 2.75) is 25.3 Å². The summed E-state index contributed by atoms with van der Waals surface area (Å²) in [5, 5.41) is 9.45. The number of fused-ring (bicyclic) bond motifs is 1. The number of likely N-dealkylation sites (tertiary alicyclic amines) is 1. The Hall–Kier alpha value is -2.65. The first-order valence-electron chi connectivity index (χ1n) is 9.96. The van der Waals surface area contributed by atoms with E-state index in [4.69, 9.17) is 4.74 Å². The van der Waals surface area contributed by atoms with Gasteiger partial charge >= 0.3 is 0 Å². The lowest BCUT2D eigenvalue weighted by Gasteiger charge is -2.32. The van der Waals surface area contributed by atoms with E-state index in [-0.39, 0.29) is 23.8 Å². The van der Waals surface area contributed by atoms with Crippen LogP contribution in [-0.4, -0.2) is 57.8 Å². The molecule has 0 radical (unpaired) electrons. The van der Waals surface area contributed by atoms with Crippen molar-refractivity contribution in [1.29, 1.82) is 0 Å². The molecule has 0 bridgehead atoms. The summed E-state index contributed by atoms with van der Waals surface area (Å²) in [5.41, 5.74) is 1.66. The van der Waals surface area contributed by atoms with Crippen LogP contribution in [0.1, 0.15) is 35.8 Å². The van der Waals surface area contributed by atoms with Crippen LogP contribution in [0.25, 0.3) is 10.2 Å². The van der Waals surface area contributed by atoms with Gasteiger partial charge in [-0.1, -0.05) is 0 Å². The van der Waals surface area contributed by atoms with E-state index >= 15 is 0 Å². The average Bonchev–Trinajstić information content (AvgIpc) is 3.51. The smallest absolute Gasteiger partial charge is 0.270 e. The third kappa shape index (κ3) is 3.56. The molecule has 5 heterocycles. The van der Waals surface area contributed by atoms with Crippen molar-refractivity contribution in [2.24, 2.45) is 5.92 Å². The lowest BCUT2D eigenvalue weighted by atomic mass is 10.0. The highest BCUT2D eigenvalue weighted by Crippen LogP contribution is 2.28. The van der Waals surface area contributed by atoms with Gasteiger partial charge in [-0.15, -0.1) is 11.3 Å². The summed E-state index contributed by atoms with van der Waals surface area (Å²) in [7, 11) is 0. The molecule has 0 aliphatic carbocycles. The van der Waals surface area contributed by atoms with Crippen molar-refractivity contribution in [1.82, 2.24) is 19.7 Å². The van der Waals surface area contributed by atoms with E-state index in [9.17, 15) is 9.59 Å². The fourth-order valence-corrected chi connectivity index (χ4v) is 4.90. The van der Waals surface area contributed by atoms with Gasteiger partial charge < -0.3 is 19.9 Å². The van der Waals surface area contributed by atoms with Gasteiger partial charge in [0, 0.05) is 25.8 Å². The molecular formula is C20H23N5O3S. The molecule has 29 heavy (non-hydrogen) atoms. The van der Waals surface area contributed by atoms with Crippen molar-refractivity contribution in [3.8, 4) is 0 Å². The molecule has 2 aliphatic heterocycles. The van der Waals surface area contributed by atoms with Crippen LogP contribution in [0.15, 0.2) is 29.8 Å². The van der Waals surface area contributed by atoms with Crippen LogP contribution in [0, 0.1) is 5.92 Å². The second-order valence-corrected chi connectivity index (χ2v) is 8.56. The Labute approximate surface area is 171 Å². The Balaban J connectivity index is 1.22. The van der Waals surface area contributed by atoms with E-state index in [0.29, 0.717) is 32.0 Å². The van der Waals surface area contributed by atoms with Crippen molar-refractivity contribution in [3.05, 3.63) is 35.5 Å². The molecule has 2 saturated heterocycles. The number of carbonyl (C=O) groups is 2. The highest BCUT2D eigenvalue weighted by Gasteiger charge is 2.28. The number of nitrogens with one attached hydrogen (secondary N) is 2. The molecule has 8 nitrogen and oxygen atoms in total. The number of rotatable bonds is 4. The molecular weight excluding hydrogens is 390 g/mol. The highest BCUT2D eigenvalue weighted by molar-refractivity contribution is 7.17. The molecule has 2 amide bonds. The van der Waals surface area contributed by atoms with E-state index in [1.165, 1.54) is 0 Å². The van der Waals surface area contributed by atoms with Gasteiger partial charge in [0.2, 0.25) is 5.91 Å². The third-order valence-electron chi connectivity index (χ3n) is 5.79. The zero-order chi connectivity index (χ0) is 19.8. The van der Waals surface area contributed by atoms with E-state index < -0.39 is 0 Å². The van der Waals surface area contributed by atoms with Crippen molar-refractivity contribution < 1.29 is 14.3 Å². The minimum absolute atomic E-state index is 0.0106. The molecule has 5 rings (SSSR count). The first-order valence-corrected chi connectivity index (χ1v) is 10.8. The normalized spacial score (nSPS) is 20.4. The van der Waals surface area contributed by atoms with Gasteiger partial charge in [0.15, 0.2) is 0 Å². The van der Waals surface area contributed by atoms with Gasteiger partial charge in [-0.2, -0.15) is 5.10 Å². The Bertz CT molecular complexity index is 995. The average molecular weight is 414 g/mol. The quantitative estimate of drug-likeness (QED) is 0.688. The third-order valence-corrected chi connectivity index (χ3v) is 6.65. The van der Waals surface area contributed by atoms with E-state index in [2.05, 4.69) is 15.4 Å². The second-order valence-electron chi connectivity index (χ2n) is 7.62. The molecule has 0 aromatic carbocycles. The van der Waals surface area contributed by atoms with Gasteiger partial charge in [0.05, 0.1) is 35.0 Å². The summed E-state index contributed by atoms with van der Waals surface area (Å²) >= 11 is 1.63. The Morgan fingerprint density at radius 3 is 2.86 bits per heavy atom. The van der Waals surface area contributed by atoms with Gasteiger partial charge in [-0.3, -0.25) is 9.59 Å². The van der Waals surface area contributed by atoms with E-state index in [0.717, 1.165) is 35.3 Å². The first kappa shape index (κ1) is 18.4. The zero-order valence-corrected chi connectivity index (χ0v) is 16.8. The van der Waals surface area contributed by atoms with Gasteiger partial charge in [-0.25, -0.2) is 4.68 Å². The minimum Gasteiger partial charge on any atom is -0.381 e. The number of nitrogens with zero attached hydrogens (tertiary/aromatic N) is 3. The molecule has 2 N–H and O–H groups in total. The summed E-state index contributed by atoms with van der Waals surface area (Å²) in [6, 6.07) is 5.92. The SMILES string of the molecule is O=C(Nc1ccnn1C1CCN(C(=O)c2cc3sccc3[nH]2)CC1)[C@H]1CCOC1. The van der Waals surface area contributed by atoms with Gasteiger partial charge in [0.1, 0.15) is 11.5 Å². The maximum Gasteiger partial charge on any atom is 0.270 e. The number of amides is 2. The van der Waals surface area contributed by atoms with Gasteiger partial charge in [0.25, 0.3) is 5.91 Å². The summed E-state index contributed by atoms with van der Waals surface area (Å²) < 4.78 is 8.30. The van der Waals surface area contributed by atoms with Gasteiger partial charge in [-0.05, 0) is 36.8 Å². The Kier molecular flexibility index (Phi) is 4.84. The van der Waals surface area contributed by atoms with Crippen LogP contribution in [0.2, 0.25) is 0 Å². The number of anilines is 1. The molecule has 0 spiro atoms. The monoisotopic (exact) mass is 413 g/mol. The maximum absolute atomic E-state index is 12.8. The predicted molar refractivity (Wildman–Crippen MR) is 110 cm³/mol. The number of carbonyl (C=O) groups excluding carboxylic acids is 2. The van der Waals surface area contributed by atoms with Crippen LogP contribution in [-0.2, 0) is 9.53 Å². The van der Waals surface area contributed by atoms with Crippen LogP contribution < -0.4 is 5.32 Å². The molecule has 1 atom stereocenters. The molecule has 3 aromatic heterocycles. The molecule has 0 unspecified atom stereocenters. The fraction of sp³-hybridized carbons (Fsp3) is 0.450. The summed E-state index contributed by atoms with van der Waals surface area (Å²) in [6.07, 6.45) is 4.08. The van der Waals surface area contributed by atoms with E-state index in [1.807, 2.05) is 33.2 Å². The zero-order valence-electron chi connectivity index (χ0n) is 16.0. The highest BCUT2D eigenvalue weighted by atomic mass is 32.1. The molecule has 152 valence electrons. The van der Waals surface area contributed by atoms with Crippen molar-refractivity contribution in [3.63, 3.8) is 0 Å². The number of piperidine rings is 1. The van der Waals surface area contributed by atoms with Crippen LogP contribution >= 0.6 is 11.3 Å². The van der Waals surface area contributed by atoms with Crippen molar-refractivity contribution in [2.75, 3.05) is 31.6 Å². The number of hydrogen-bond acceptors (Lipinski definition) is 5. The number of aromatic nitrogens is 3. The minimum atomic E-state index is -0.0896. The second kappa shape index (κ2) is 7.64. The maximum atomic E-state index is 12.8. The summed E-state index contributed by atoms with van der Waals surface area (Å²) in [5.74, 6) is 0.662. The topological polar surface area (TPSA) is 92.3 Å². The fourth-order valence-electron chi connectivity index (χ4n) is 4.12. The number of thiophene rings is 1. The largest absolute Gasteiger partial charge is 0.381 e. The number of ether oxygens (including phenoxy) is 1. The van der Waals surface area contributed by atoms with Crippen LogP contribution in [0.4, 0.5) is 5.82 Å². The molecule has 0 saturated carbocycles. The van der Waals surface area contributed by atoms with Crippen molar-refractivity contribution >= 4 is 39.2 Å².